The SMILES string of the molecule is O=[N+]([O-])c1cc2c(cc1C(F)(F)F)CCN2. The lowest BCUT2D eigenvalue weighted by molar-refractivity contribution is -0.388. The fourth-order valence-electron chi connectivity index (χ4n) is 1.71. The van der Waals surface area contributed by atoms with Crippen LogP contribution in [-0.4, -0.2) is 11.5 Å². The number of nitro groups is 1. The zero-order valence-corrected chi connectivity index (χ0v) is 7.97. The first-order chi connectivity index (χ1) is 7.39. The summed E-state index contributed by atoms with van der Waals surface area (Å²) in [6.45, 7) is 0.508. The molecule has 16 heavy (non-hydrogen) atoms. The van der Waals surface area contributed by atoms with Gasteiger partial charge >= 0.3 is 6.18 Å². The molecule has 0 saturated heterocycles. The molecule has 0 aromatic heterocycles. The van der Waals surface area contributed by atoms with Crippen LogP contribution in [0.15, 0.2) is 12.1 Å². The first kappa shape index (κ1) is 10.7. The number of fused-ring (bicyclic) bond motifs is 1. The lowest BCUT2D eigenvalue weighted by Crippen LogP contribution is -2.09. The Morgan fingerprint density at radius 3 is 2.62 bits per heavy atom. The van der Waals surface area contributed by atoms with E-state index in [1.807, 2.05) is 0 Å². The summed E-state index contributed by atoms with van der Waals surface area (Å²) in [7, 11) is 0. The van der Waals surface area contributed by atoms with E-state index in [0.29, 0.717) is 24.2 Å². The molecule has 0 amide bonds. The average molecular weight is 232 g/mol. The molecular weight excluding hydrogens is 225 g/mol. The average Bonchev–Trinajstić information content (AvgIpc) is 2.60. The number of nitro benzene ring substituents is 1. The van der Waals surface area contributed by atoms with E-state index in [2.05, 4.69) is 5.32 Å². The van der Waals surface area contributed by atoms with Gasteiger partial charge < -0.3 is 5.32 Å². The first-order valence-corrected chi connectivity index (χ1v) is 4.52. The van der Waals surface area contributed by atoms with Crippen molar-refractivity contribution >= 4 is 11.4 Å². The first-order valence-electron chi connectivity index (χ1n) is 4.52. The number of benzene rings is 1. The van der Waals surface area contributed by atoms with Crippen molar-refractivity contribution in [3.05, 3.63) is 33.4 Å². The molecule has 1 aliphatic rings. The fraction of sp³-hybridized carbons (Fsp3) is 0.333. The molecule has 1 aromatic carbocycles. The van der Waals surface area contributed by atoms with Crippen LogP contribution in [0.3, 0.4) is 0 Å². The molecule has 1 heterocycles. The molecule has 0 unspecified atom stereocenters. The Balaban J connectivity index is 2.62. The van der Waals surface area contributed by atoms with Gasteiger partial charge in [0.05, 0.1) is 4.92 Å². The Kier molecular flexibility index (Phi) is 2.25. The summed E-state index contributed by atoms with van der Waals surface area (Å²) in [6, 6.07) is 1.80. The lowest BCUT2D eigenvalue weighted by atomic mass is 10.1. The van der Waals surface area contributed by atoms with E-state index < -0.39 is 22.4 Å². The number of hydrogen-bond donors (Lipinski definition) is 1. The van der Waals surface area contributed by atoms with Crippen molar-refractivity contribution in [2.75, 3.05) is 11.9 Å². The van der Waals surface area contributed by atoms with Gasteiger partial charge in [-0.3, -0.25) is 10.1 Å². The number of hydrogen-bond acceptors (Lipinski definition) is 3. The summed E-state index contributed by atoms with van der Waals surface area (Å²) < 4.78 is 37.7. The Hall–Kier alpha value is -1.79. The Bertz CT molecular complexity index is 457. The molecule has 0 aliphatic carbocycles. The van der Waals surface area contributed by atoms with Gasteiger partial charge in [0, 0.05) is 18.3 Å². The third-order valence-corrected chi connectivity index (χ3v) is 2.43. The summed E-state index contributed by atoms with van der Waals surface area (Å²) in [6.07, 6.45) is -4.24. The second-order valence-electron chi connectivity index (χ2n) is 3.46. The third-order valence-electron chi connectivity index (χ3n) is 2.43. The van der Waals surface area contributed by atoms with Crippen LogP contribution in [0, 0.1) is 10.1 Å². The van der Waals surface area contributed by atoms with Crippen LogP contribution in [0.4, 0.5) is 24.5 Å². The van der Waals surface area contributed by atoms with Crippen molar-refractivity contribution in [2.45, 2.75) is 12.6 Å². The fourth-order valence-corrected chi connectivity index (χ4v) is 1.71. The summed E-state index contributed by atoms with van der Waals surface area (Å²) >= 11 is 0. The molecule has 0 spiro atoms. The van der Waals surface area contributed by atoms with Crippen LogP contribution < -0.4 is 5.32 Å². The summed E-state index contributed by atoms with van der Waals surface area (Å²) in [5.74, 6) is 0. The van der Waals surface area contributed by atoms with E-state index in [0.717, 1.165) is 12.1 Å². The van der Waals surface area contributed by atoms with Crippen molar-refractivity contribution in [1.82, 2.24) is 0 Å². The maximum absolute atomic E-state index is 12.6. The number of rotatable bonds is 1. The summed E-state index contributed by atoms with van der Waals surface area (Å²) in [4.78, 5) is 9.54. The highest BCUT2D eigenvalue weighted by Crippen LogP contribution is 2.40. The summed E-state index contributed by atoms with van der Waals surface area (Å²) in [5, 5.41) is 13.3. The second kappa shape index (κ2) is 3.36. The maximum atomic E-state index is 12.6. The van der Waals surface area contributed by atoms with Crippen molar-refractivity contribution in [1.29, 1.82) is 0 Å². The van der Waals surface area contributed by atoms with Crippen LogP contribution in [0.5, 0.6) is 0 Å². The van der Waals surface area contributed by atoms with E-state index in [1.165, 1.54) is 0 Å². The van der Waals surface area contributed by atoms with Crippen LogP contribution in [0.1, 0.15) is 11.1 Å². The molecular formula is C9H7F3N2O2. The molecule has 0 bridgehead atoms. The smallest absolute Gasteiger partial charge is 0.384 e. The van der Waals surface area contributed by atoms with Gasteiger partial charge in [-0.25, -0.2) is 0 Å². The molecule has 0 radical (unpaired) electrons. The minimum absolute atomic E-state index is 0.416. The molecule has 0 atom stereocenters. The Morgan fingerprint density at radius 2 is 2.06 bits per heavy atom. The lowest BCUT2D eigenvalue weighted by Gasteiger charge is -2.09. The van der Waals surface area contributed by atoms with E-state index in [9.17, 15) is 23.3 Å². The highest BCUT2D eigenvalue weighted by molar-refractivity contribution is 5.64. The zero-order valence-electron chi connectivity index (χ0n) is 7.97. The van der Waals surface area contributed by atoms with Gasteiger partial charge in [-0.15, -0.1) is 0 Å². The molecule has 86 valence electrons. The predicted octanol–water partition coefficient (Wildman–Crippen LogP) is 2.58. The number of halogens is 3. The van der Waals surface area contributed by atoms with Crippen LogP contribution in [0.25, 0.3) is 0 Å². The molecule has 0 saturated carbocycles. The minimum atomic E-state index is -4.69. The minimum Gasteiger partial charge on any atom is -0.384 e. The van der Waals surface area contributed by atoms with Gasteiger partial charge in [-0.1, -0.05) is 0 Å². The predicted molar refractivity (Wildman–Crippen MR) is 50.3 cm³/mol. The number of nitrogens with one attached hydrogen (secondary N) is 1. The second-order valence-corrected chi connectivity index (χ2v) is 3.46. The van der Waals surface area contributed by atoms with Crippen molar-refractivity contribution in [3.63, 3.8) is 0 Å². The molecule has 7 heteroatoms. The molecule has 4 nitrogen and oxygen atoms in total. The normalized spacial score (nSPS) is 14.4. The highest BCUT2D eigenvalue weighted by Gasteiger charge is 2.39. The third kappa shape index (κ3) is 1.68. The number of nitrogens with zero attached hydrogens (tertiary/aromatic N) is 1. The van der Waals surface area contributed by atoms with Crippen LogP contribution >= 0.6 is 0 Å². The van der Waals surface area contributed by atoms with Gasteiger partial charge in [0.2, 0.25) is 0 Å². The van der Waals surface area contributed by atoms with E-state index in [-0.39, 0.29) is 0 Å². The van der Waals surface area contributed by atoms with Gasteiger partial charge in [-0.05, 0) is 18.1 Å². The number of alkyl halides is 3. The van der Waals surface area contributed by atoms with Crippen molar-refractivity contribution < 1.29 is 18.1 Å². The summed E-state index contributed by atoms with van der Waals surface area (Å²) in [5.41, 5.74) is -1.20. The standard InChI is InChI=1S/C9H7F3N2O2/c10-9(11,12)6-3-5-1-2-13-7(5)4-8(6)14(15)16/h3-4,13H,1-2H2. The molecule has 1 N–H and O–H groups in total. The van der Waals surface area contributed by atoms with E-state index in [4.69, 9.17) is 0 Å². The molecule has 1 aromatic rings. The van der Waals surface area contributed by atoms with E-state index >= 15 is 0 Å². The number of anilines is 1. The highest BCUT2D eigenvalue weighted by atomic mass is 19.4. The quantitative estimate of drug-likeness (QED) is 0.598. The molecule has 2 rings (SSSR count). The largest absolute Gasteiger partial charge is 0.423 e. The van der Waals surface area contributed by atoms with Crippen LogP contribution in [0.2, 0.25) is 0 Å². The Labute approximate surface area is 88.2 Å². The van der Waals surface area contributed by atoms with Crippen LogP contribution in [-0.2, 0) is 12.6 Å². The van der Waals surface area contributed by atoms with E-state index in [1.54, 1.807) is 0 Å². The van der Waals surface area contributed by atoms with Gasteiger partial charge in [-0.2, -0.15) is 13.2 Å². The maximum Gasteiger partial charge on any atom is 0.423 e. The monoisotopic (exact) mass is 232 g/mol. The molecule has 0 fully saturated rings. The van der Waals surface area contributed by atoms with Crippen molar-refractivity contribution in [2.24, 2.45) is 0 Å². The zero-order chi connectivity index (χ0) is 11.9. The van der Waals surface area contributed by atoms with Crippen molar-refractivity contribution in [3.8, 4) is 0 Å². The van der Waals surface area contributed by atoms with Gasteiger partial charge in [0.1, 0.15) is 5.56 Å². The molecule has 1 aliphatic heterocycles. The van der Waals surface area contributed by atoms with Gasteiger partial charge in [0.15, 0.2) is 0 Å². The van der Waals surface area contributed by atoms with Gasteiger partial charge in [0.25, 0.3) is 5.69 Å². The Morgan fingerprint density at radius 1 is 1.38 bits per heavy atom. The topological polar surface area (TPSA) is 55.2 Å².